The Kier molecular flexibility index (Phi) is 4.34. The van der Waals surface area contributed by atoms with Crippen LogP contribution in [0.15, 0.2) is 30.3 Å². The molecule has 2 heterocycles. The first-order valence-corrected chi connectivity index (χ1v) is 8.88. The minimum atomic E-state index is 0.0612. The summed E-state index contributed by atoms with van der Waals surface area (Å²) in [6.07, 6.45) is 5.46. The third kappa shape index (κ3) is 2.84. The average Bonchev–Trinajstić information content (AvgIpc) is 2.84. The van der Waals surface area contributed by atoms with E-state index in [1.54, 1.807) is 0 Å². The molecule has 2 aromatic rings. The van der Waals surface area contributed by atoms with Crippen molar-refractivity contribution in [2.24, 2.45) is 0 Å². The summed E-state index contributed by atoms with van der Waals surface area (Å²) in [5, 5.41) is 4.76. The van der Waals surface area contributed by atoms with Gasteiger partial charge in [-0.1, -0.05) is 24.6 Å². The van der Waals surface area contributed by atoms with Crippen molar-refractivity contribution in [3.8, 4) is 5.69 Å². The number of rotatable bonds is 2. The predicted molar refractivity (Wildman–Crippen MR) is 91.5 cm³/mol. The predicted octanol–water partition coefficient (Wildman–Crippen LogP) is 2.61. The van der Waals surface area contributed by atoms with Gasteiger partial charge in [0.2, 0.25) is 0 Å². The number of benzene rings is 1. The molecule has 1 aromatic carbocycles. The smallest absolute Gasteiger partial charge is 0.274 e. The molecule has 2 aliphatic rings. The molecule has 1 aliphatic heterocycles. The molecule has 1 aromatic heterocycles. The van der Waals surface area contributed by atoms with Crippen LogP contribution in [-0.4, -0.2) is 46.9 Å². The Morgan fingerprint density at radius 1 is 1.00 bits per heavy atom. The van der Waals surface area contributed by atoms with Gasteiger partial charge in [-0.2, -0.15) is 5.10 Å². The van der Waals surface area contributed by atoms with E-state index in [-0.39, 0.29) is 5.91 Å². The highest BCUT2D eigenvalue weighted by Crippen LogP contribution is 2.27. The topological polar surface area (TPSA) is 47.4 Å². The summed E-state index contributed by atoms with van der Waals surface area (Å²) in [6.45, 7) is 2.55. The highest BCUT2D eigenvalue weighted by Gasteiger charge is 2.28. The van der Waals surface area contributed by atoms with E-state index >= 15 is 0 Å². The fraction of sp³-hybridized carbons (Fsp3) is 0.474. The van der Waals surface area contributed by atoms with Crippen molar-refractivity contribution >= 4 is 5.91 Å². The molecule has 0 N–H and O–H groups in total. The zero-order valence-electron chi connectivity index (χ0n) is 13.9. The van der Waals surface area contributed by atoms with Gasteiger partial charge in [0, 0.05) is 24.3 Å². The molecular weight excluding hydrogens is 302 g/mol. The SMILES string of the molecule is O=C(c1nn(-c2ccccc2)c2c1CCCCC2)N1CCOCC1. The highest BCUT2D eigenvalue weighted by atomic mass is 16.5. The minimum Gasteiger partial charge on any atom is -0.378 e. The van der Waals surface area contributed by atoms with E-state index in [2.05, 4.69) is 12.1 Å². The number of hydrogen-bond donors (Lipinski definition) is 0. The number of morpholine rings is 1. The molecule has 0 spiro atoms. The molecule has 5 heteroatoms. The van der Waals surface area contributed by atoms with E-state index in [1.807, 2.05) is 27.8 Å². The lowest BCUT2D eigenvalue weighted by atomic mass is 10.1. The standard InChI is InChI=1S/C19H23N3O2/c23-19(21-11-13-24-14-12-21)18-16-9-5-2-6-10-17(16)22(20-18)15-7-3-1-4-8-15/h1,3-4,7-8H,2,5-6,9-14H2. The number of aromatic nitrogens is 2. The maximum Gasteiger partial charge on any atom is 0.274 e. The summed E-state index contributed by atoms with van der Waals surface area (Å²) in [5.74, 6) is 0.0612. The quantitative estimate of drug-likeness (QED) is 0.798. The summed E-state index contributed by atoms with van der Waals surface area (Å²) in [6, 6.07) is 10.2. The maximum absolute atomic E-state index is 13.0. The fourth-order valence-electron chi connectivity index (χ4n) is 3.65. The summed E-state index contributed by atoms with van der Waals surface area (Å²) in [4.78, 5) is 14.9. The number of fused-ring (bicyclic) bond motifs is 1. The Morgan fingerprint density at radius 2 is 1.75 bits per heavy atom. The molecule has 1 amide bonds. The molecule has 0 atom stereocenters. The van der Waals surface area contributed by atoms with Gasteiger partial charge in [-0.05, 0) is 37.8 Å². The van der Waals surface area contributed by atoms with E-state index in [0.717, 1.165) is 36.9 Å². The zero-order valence-corrected chi connectivity index (χ0v) is 13.9. The molecule has 1 aliphatic carbocycles. The van der Waals surface area contributed by atoms with E-state index in [1.165, 1.54) is 12.1 Å². The first-order valence-electron chi connectivity index (χ1n) is 8.88. The van der Waals surface area contributed by atoms with E-state index < -0.39 is 0 Å². The first-order chi connectivity index (χ1) is 11.8. The summed E-state index contributed by atoms with van der Waals surface area (Å²) < 4.78 is 7.37. The van der Waals surface area contributed by atoms with Crippen LogP contribution in [0.25, 0.3) is 5.69 Å². The molecular formula is C19H23N3O2. The van der Waals surface area contributed by atoms with Crippen LogP contribution in [0, 0.1) is 0 Å². The second kappa shape index (κ2) is 6.77. The van der Waals surface area contributed by atoms with Crippen LogP contribution in [0.2, 0.25) is 0 Å². The van der Waals surface area contributed by atoms with Gasteiger partial charge < -0.3 is 9.64 Å². The van der Waals surface area contributed by atoms with Crippen LogP contribution < -0.4 is 0 Å². The Morgan fingerprint density at radius 3 is 2.54 bits per heavy atom. The van der Waals surface area contributed by atoms with Gasteiger partial charge in [0.25, 0.3) is 5.91 Å². The Bertz CT molecular complexity index is 718. The summed E-state index contributed by atoms with van der Waals surface area (Å²) in [7, 11) is 0. The number of hydrogen-bond acceptors (Lipinski definition) is 3. The molecule has 4 rings (SSSR count). The molecule has 1 fully saturated rings. The van der Waals surface area contributed by atoms with Gasteiger partial charge in [-0.15, -0.1) is 0 Å². The third-order valence-electron chi connectivity index (χ3n) is 4.93. The van der Waals surface area contributed by atoms with Crippen LogP contribution in [0.1, 0.15) is 41.0 Å². The van der Waals surface area contributed by atoms with Crippen molar-refractivity contribution in [1.29, 1.82) is 0 Å². The van der Waals surface area contributed by atoms with Crippen molar-refractivity contribution in [2.45, 2.75) is 32.1 Å². The van der Waals surface area contributed by atoms with Gasteiger partial charge in [-0.25, -0.2) is 4.68 Å². The number of amides is 1. The van der Waals surface area contributed by atoms with Crippen molar-refractivity contribution in [3.63, 3.8) is 0 Å². The molecule has 0 bridgehead atoms. The van der Waals surface area contributed by atoms with Crippen molar-refractivity contribution < 1.29 is 9.53 Å². The van der Waals surface area contributed by atoms with Gasteiger partial charge in [-0.3, -0.25) is 4.79 Å². The second-order valence-electron chi connectivity index (χ2n) is 6.49. The molecule has 0 unspecified atom stereocenters. The van der Waals surface area contributed by atoms with E-state index in [9.17, 15) is 4.79 Å². The molecule has 126 valence electrons. The number of ether oxygens (including phenoxy) is 1. The lowest BCUT2D eigenvalue weighted by molar-refractivity contribution is 0.0298. The van der Waals surface area contributed by atoms with Gasteiger partial charge >= 0.3 is 0 Å². The average molecular weight is 325 g/mol. The zero-order chi connectivity index (χ0) is 16.4. The number of para-hydroxylation sites is 1. The monoisotopic (exact) mass is 325 g/mol. The maximum atomic E-state index is 13.0. The van der Waals surface area contributed by atoms with Gasteiger partial charge in [0.15, 0.2) is 5.69 Å². The van der Waals surface area contributed by atoms with Crippen LogP contribution >= 0.6 is 0 Å². The van der Waals surface area contributed by atoms with Crippen molar-refractivity contribution in [3.05, 3.63) is 47.3 Å². The highest BCUT2D eigenvalue weighted by molar-refractivity contribution is 5.94. The van der Waals surface area contributed by atoms with E-state index in [4.69, 9.17) is 9.84 Å². The molecule has 24 heavy (non-hydrogen) atoms. The lowest BCUT2D eigenvalue weighted by Gasteiger charge is -2.26. The minimum absolute atomic E-state index is 0.0612. The second-order valence-corrected chi connectivity index (χ2v) is 6.49. The Hall–Kier alpha value is -2.14. The van der Waals surface area contributed by atoms with Gasteiger partial charge in [0.1, 0.15) is 0 Å². The number of carbonyl (C=O) groups is 1. The fourth-order valence-corrected chi connectivity index (χ4v) is 3.65. The van der Waals surface area contributed by atoms with Crippen LogP contribution in [0.4, 0.5) is 0 Å². The van der Waals surface area contributed by atoms with Crippen LogP contribution in [0.5, 0.6) is 0 Å². The Balaban J connectivity index is 1.76. The normalized spacial score (nSPS) is 18.1. The molecule has 0 saturated carbocycles. The third-order valence-corrected chi connectivity index (χ3v) is 4.93. The van der Waals surface area contributed by atoms with Crippen LogP contribution in [-0.2, 0) is 17.6 Å². The van der Waals surface area contributed by atoms with Crippen LogP contribution in [0.3, 0.4) is 0 Å². The molecule has 5 nitrogen and oxygen atoms in total. The van der Waals surface area contributed by atoms with Crippen molar-refractivity contribution in [1.82, 2.24) is 14.7 Å². The molecule has 1 saturated heterocycles. The van der Waals surface area contributed by atoms with E-state index in [0.29, 0.717) is 32.0 Å². The summed E-state index contributed by atoms with van der Waals surface area (Å²) in [5.41, 5.74) is 4.07. The Labute approximate surface area is 142 Å². The van der Waals surface area contributed by atoms with Gasteiger partial charge in [0.05, 0.1) is 18.9 Å². The number of nitrogens with zero attached hydrogens (tertiary/aromatic N) is 3. The number of carbonyl (C=O) groups excluding carboxylic acids is 1. The van der Waals surface area contributed by atoms with Crippen molar-refractivity contribution in [2.75, 3.05) is 26.3 Å². The lowest BCUT2D eigenvalue weighted by Crippen LogP contribution is -2.41. The largest absolute Gasteiger partial charge is 0.378 e. The molecule has 0 radical (unpaired) electrons. The summed E-state index contributed by atoms with van der Waals surface area (Å²) >= 11 is 0. The first kappa shape index (κ1) is 15.4.